The summed E-state index contributed by atoms with van der Waals surface area (Å²) in [6, 6.07) is 13.3. The van der Waals surface area contributed by atoms with E-state index in [-0.39, 0.29) is 17.1 Å². The van der Waals surface area contributed by atoms with Crippen LogP contribution >= 0.6 is 0 Å². The summed E-state index contributed by atoms with van der Waals surface area (Å²) in [5.41, 5.74) is 0.847. The Labute approximate surface area is 145 Å². The molecule has 0 saturated heterocycles. The quantitative estimate of drug-likeness (QED) is 0.339. The zero-order chi connectivity index (χ0) is 18.4. The topological polar surface area (TPSA) is 69.7 Å². The van der Waals surface area contributed by atoms with Gasteiger partial charge >= 0.3 is 16.1 Å². The van der Waals surface area contributed by atoms with E-state index in [1.54, 1.807) is 37.3 Å². The third kappa shape index (κ3) is 4.67. The van der Waals surface area contributed by atoms with Gasteiger partial charge in [-0.25, -0.2) is 9.18 Å². The molecule has 0 unspecified atom stereocenters. The van der Waals surface area contributed by atoms with Crippen molar-refractivity contribution in [3.8, 4) is 0 Å². The molecule has 0 saturated carbocycles. The van der Waals surface area contributed by atoms with Gasteiger partial charge in [-0.15, -0.1) is 0 Å². The van der Waals surface area contributed by atoms with Crippen LogP contribution in [-0.2, 0) is 23.8 Å². The summed E-state index contributed by atoms with van der Waals surface area (Å²) in [6.07, 6.45) is 0. The first-order valence-electron chi connectivity index (χ1n) is 7.48. The van der Waals surface area contributed by atoms with Crippen LogP contribution in [0.3, 0.4) is 0 Å². The van der Waals surface area contributed by atoms with Crippen LogP contribution in [0.2, 0.25) is 0 Å². The van der Waals surface area contributed by atoms with Crippen molar-refractivity contribution >= 4 is 21.9 Å². The summed E-state index contributed by atoms with van der Waals surface area (Å²) >= 11 is 0. The minimum atomic E-state index is -4.39. The van der Waals surface area contributed by atoms with Gasteiger partial charge < -0.3 is 8.92 Å². The van der Waals surface area contributed by atoms with E-state index >= 15 is 0 Å². The Morgan fingerprint density at radius 2 is 1.64 bits per heavy atom. The molecule has 0 aromatic heterocycles. The van der Waals surface area contributed by atoms with Crippen LogP contribution in [0.25, 0.3) is 5.83 Å². The maximum atomic E-state index is 14.7. The fourth-order valence-electron chi connectivity index (χ4n) is 1.94. The molecule has 0 radical (unpaired) electrons. The van der Waals surface area contributed by atoms with E-state index in [0.717, 1.165) is 5.56 Å². The fraction of sp³-hybridized carbons (Fsp3) is 0.167. The van der Waals surface area contributed by atoms with Crippen LogP contribution in [-0.4, -0.2) is 21.0 Å². The van der Waals surface area contributed by atoms with Crippen LogP contribution in [0.15, 0.2) is 65.3 Å². The lowest BCUT2D eigenvalue weighted by Gasteiger charge is -2.11. The second-order valence-electron chi connectivity index (χ2n) is 5.08. The molecule has 7 heteroatoms. The number of hydrogen-bond acceptors (Lipinski definition) is 5. The first kappa shape index (κ1) is 18.7. The van der Waals surface area contributed by atoms with Crippen molar-refractivity contribution in [3.05, 3.63) is 71.5 Å². The highest BCUT2D eigenvalue weighted by Crippen LogP contribution is 2.26. The number of hydrogen-bond donors (Lipinski definition) is 0. The van der Waals surface area contributed by atoms with Crippen molar-refractivity contribution in [1.82, 2.24) is 0 Å². The van der Waals surface area contributed by atoms with Gasteiger partial charge in [0.2, 0.25) is 0 Å². The van der Waals surface area contributed by atoms with Gasteiger partial charge in [-0.05, 0) is 26.0 Å². The average Bonchev–Trinajstić information content (AvgIpc) is 2.60. The van der Waals surface area contributed by atoms with Crippen molar-refractivity contribution in [2.75, 3.05) is 6.61 Å². The van der Waals surface area contributed by atoms with Crippen LogP contribution in [0.1, 0.15) is 18.1 Å². The maximum Gasteiger partial charge on any atom is 0.378 e. The van der Waals surface area contributed by atoms with Crippen LogP contribution in [0.5, 0.6) is 0 Å². The number of halogens is 1. The van der Waals surface area contributed by atoms with Gasteiger partial charge in [-0.2, -0.15) is 8.42 Å². The van der Waals surface area contributed by atoms with Gasteiger partial charge in [0.25, 0.3) is 5.76 Å². The van der Waals surface area contributed by atoms with E-state index in [1.165, 1.54) is 31.2 Å². The molecule has 0 heterocycles. The van der Waals surface area contributed by atoms with E-state index in [4.69, 9.17) is 8.92 Å². The lowest BCUT2D eigenvalue weighted by atomic mass is 10.2. The highest BCUT2D eigenvalue weighted by molar-refractivity contribution is 7.86. The zero-order valence-electron chi connectivity index (χ0n) is 13.7. The minimum Gasteiger partial charge on any atom is -0.460 e. The molecule has 5 nitrogen and oxygen atoms in total. The number of carbonyl (C=O) groups is 1. The Balaban J connectivity index is 2.46. The molecule has 0 aliphatic heterocycles. The molecule has 2 aromatic carbocycles. The third-order valence-corrected chi connectivity index (χ3v) is 4.43. The standard InChI is InChI=1S/C18H17FO5S/c1-3-23-18(20)17(16(19)14-7-5-4-6-8-14)24-25(21,22)15-11-9-13(2)10-12-15/h4-12H,3H2,1-2H3/b17-16-. The molecule has 0 aliphatic rings. The van der Waals surface area contributed by atoms with E-state index in [0.29, 0.717) is 0 Å². The number of aryl methyl sites for hydroxylation is 1. The Kier molecular flexibility index (Phi) is 5.93. The molecule has 132 valence electrons. The lowest BCUT2D eigenvalue weighted by molar-refractivity contribution is -0.140. The van der Waals surface area contributed by atoms with E-state index in [1.807, 2.05) is 0 Å². The largest absolute Gasteiger partial charge is 0.460 e. The Hall–Kier alpha value is -2.67. The first-order chi connectivity index (χ1) is 11.8. The molecule has 2 rings (SSSR count). The SMILES string of the molecule is CCOC(=O)/C(OS(=O)(=O)c1ccc(C)cc1)=C(/F)c1ccccc1. The molecular formula is C18H17FO5S. The number of benzene rings is 2. The van der Waals surface area contributed by atoms with Gasteiger partial charge in [0.05, 0.1) is 6.61 Å². The zero-order valence-corrected chi connectivity index (χ0v) is 14.5. The molecule has 0 atom stereocenters. The van der Waals surface area contributed by atoms with Crippen molar-refractivity contribution in [2.45, 2.75) is 18.7 Å². The number of rotatable bonds is 6. The Bertz CT molecular complexity index is 871. The monoisotopic (exact) mass is 364 g/mol. The summed E-state index contributed by atoms with van der Waals surface area (Å²) in [6.45, 7) is 3.25. The van der Waals surface area contributed by atoms with Crippen molar-refractivity contribution < 1.29 is 26.5 Å². The molecule has 0 bridgehead atoms. The molecule has 2 aromatic rings. The first-order valence-corrected chi connectivity index (χ1v) is 8.89. The third-order valence-electron chi connectivity index (χ3n) is 3.19. The molecule has 0 fully saturated rings. The van der Waals surface area contributed by atoms with Crippen molar-refractivity contribution in [3.63, 3.8) is 0 Å². The summed E-state index contributed by atoms with van der Waals surface area (Å²) in [7, 11) is -4.39. The molecule has 0 aliphatic carbocycles. The molecule has 25 heavy (non-hydrogen) atoms. The second-order valence-corrected chi connectivity index (χ2v) is 6.63. The van der Waals surface area contributed by atoms with Gasteiger partial charge in [0.15, 0.2) is 5.83 Å². The molecule has 0 amide bonds. The normalized spacial score (nSPS) is 12.3. The second kappa shape index (κ2) is 7.94. The van der Waals surface area contributed by atoms with Crippen molar-refractivity contribution in [1.29, 1.82) is 0 Å². The fourth-order valence-corrected chi connectivity index (χ4v) is 2.86. The summed E-state index contributed by atoms with van der Waals surface area (Å²) in [4.78, 5) is 11.8. The maximum absolute atomic E-state index is 14.7. The van der Waals surface area contributed by atoms with Crippen LogP contribution in [0, 0.1) is 6.92 Å². The highest BCUT2D eigenvalue weighted by atomic mass is 32.2. The molecule has 0 N–H and O–H groups in total. The minimum absolute atomic E-state index is 0.00431. The van der Waals surface area contributed by atoms with Gasteiger partial charge in [-0.3, -0.25) is 0 Å². The highest BCUT2D eigenvalue weighted by Gasteiger charge is 2.28. The van der Waals surface area contributed by atoms with E-state index < -0.39 is 27.7 Å². The van der Waals surface area contributed by atoms with Crippen molar-refractivity contribution in [2.24, 2.45) is 0 Å². The van der Waals surface area contributed by atoms with E-state index in [2.05, 4.69) is 0 Å². The Morgan fingerprint density at radius 1 is 1.04 bits per heavy atom. The number of carbonyl (C=O) groups excluding carboxylic acids is 1. The predicted molar refractivity (Wildman–Crippen MR) is 90.6 cm³/mol. The summed E-state index contributed by atoms with van der Waals surface area (Å²) in [5.74, 6) is -3.32. The van der Waals surface area contributed by atoms with E-state index in [9.17, 15) is 17.6 Å². The van der Waals surface area contributed by atoms with Crippen LogP contribution in [0.4, 0.5) is 4.39 Å². The smallest absolute Gasteiger partial charge is 0.378 e. The number of esters is 1. The molecular weight excluding hydrogens is 347 g/mol. The lowest BCUT2D eigenvalue weighted by Crippen LogP contribution is -2.16. The van der Waals surface area contributed by atoms with Gasteiger partial charge in [-0.1, -0.05) is 48.0 Å². The average molecular weight is 364 g/mol. The van der Waals surface area contributed by atoms with Gasteiger partial charge in [0.1, 0.15) is 4.90 Å². The van der Waals surface area contributed by atoms with Crippen LogP contribution < -0.4 is 0 Å². The number of ether oxygens (including phenoxy) is 1. The predicted octanol–water partition coefficient (Wildman–Crippen LogP) is 3.60. The van der Waals surface area contributed by atoms with Gasteiger partial charge in [0, 0.05) is 5.56 Å². The summed E-state index contributed by atoms with van der Waals surface area (Å²) < 4.78 is 48.9. The Morgan fingerprint density at radius 3 is 2.20 bits per heavy atom. The molecule has 0 spiro atoms. The summed E-state index contributed by atoms with van der Waals surface area (Å²) in [5, 5.41) is 0.